The Labute approximate surface area is 158 Å². The average molecular weight is 390 g/mol. The second kappa shape index (κ2) is 8.04. The molecule has 1 aromatic carbocycles. The molecule has 9 nitrogen and oxygen atoms in total. The molecule has 27 heavy (non-hydrogen) atoms. The summed E-state index contributed by atoms with van der Waals surface area (Å²) in [4.78, 5) is 28.1. The van der Waals surface area contributed by atoms with Crippen LogP contribution in [0.15, 0.2) is 29.9 Å². The Morgan fingerprint density at radius 2 is 2.07 bits per heavy atom. The monoisotopic (exact) mass is 390 g/mol. The number of ether oxygens (including phenoxy) is 2. The number of nitro benzene ring substituents is 1. The summed E-state index contributed by atoms with van der Waals surface area (Å²) in [5, 5.41) is 16.0. The van der Waals surface area contributed by atoms with E-state index in [0.29, 0.717) is 23.4 Å². The van der Waals surface area contributed by atoms with Gasteiger partial charge in [0, 0.05) is 29.9 Å². The lowest BCUT2D eigenvalue weighted by atomic mass is 10.1. The molecule has 0 radical (unpaired) electrons. The molecule has 142 valence electrons. The zero-order chi connectivity index (χ0) is 19.4. The molecule has 0 aliphatic carbocycles. The number of aromatic nitrogens is 2. The molecule has 0 fully saturated rings. The standard InChI is InChI=1S/C17H18N4O5S/c1-25-14-7-11(13(21(23)24)9-15(14)26-2)3-4-18-16(22)8-12-10-20-5-6-27-17(20)19-12/h5-7,9-10H,3-4,8H2,1-2H3,(H,18,22). The Bertz CT molecular complexity index is 953. The van der Waals surface area contributed by atoms with Crippen molar-refractivity contribution in [3.05, 3.63) is 51.3 Å². The maximum Gasteiger partial charge on any atom is 0.276 e. The number of thiazole rings is 1. The van der Waals surface area contributed by atoms with Crippen molar-refractivity contribution in [3.63, 3.8) is 0 Å². The molecule has 0 saturated carbocycles. The maximum absolute atomic E-state index is 12.1. The lowest BCUT2D eigenvalue weighted by molar-refractivity contribution is -0.385. The van der Waals surface area contributed by atoms with Crippen LogP contribution in [0.5, 0.6) is 11.5 Å². The van der Waals surface area contributed by atoms with Crippen molar-refractivity contribution in [3.8, 4) is 11.5 Å². The number of nitro groups is 1. The van der Waals surface area contributed by atoms with Gasteiger partial charge >= 0.3 is 0 Å². The molecule has 0 aliphatic heterocycles. The number of nitrogens with one attached hydrogen (secondary N) is 1. The summed E-state index contributed by atoms with van der Waals surface area (Å²) >= 11 is 1.50. The molecule has 0 saturated heterocycles. The highest BCUT2D eigenvalue weighted by Gasteiger charge is 2.19. The van der Waals surface area contributed by atoms with Gasteiger partial charge in [-0.05, 0) is 12.5 Å². The van der Waals surface area contributed by atoms with Crippen LogP contribution in [-0.4, -0.2) is 41.0 Å². The number of carbonyl (C=O) groups is 1. The highest BCUT2D eigenvalue weighted by molar-refractivity contribution is 7.15. The van der Waals surface area contributed by atoms with Crippen LogP contribution in [0.25, 0.3) is 4.96 Å². The third kappa shape index (κ3) is 4.17. The molecule has 1 amide bonds. The summed E-state index contributed by atoms with van der Waals surface area (Å²) in [6.45, 7) is 0.261. The van der Waals surface area contributed by atoms with Gasteiger partial charge in [0.25, 0.3) is 5.69 Å². The van der Waals surface area contributed by atoms with Gasteiger partial charge in [-0.3, -0.25) is 19.3 Å². The Kier molecular flexibility index (Phi) is 5.55. The van der Waals surface area contributed by atoms with Gasteiger partial charge in [0.15, 0.2) is 16.5 Å². The summed E-state index contributed by atoms with van der Waals surface area (Å²) < 4.78 is 12.2. The van der Waals surface area contributed by atoms with Crippen molar-refractivity contribution in [1.82, 2.24) is 14.7 Å². The molecule has 0 spiro atoms. The summed E-state index contributed by atoms with van der Waals surface area (Å²) in [7, 11) is 2.88. The summed E-state index contributed by atoms with van der Waals surface area (Å²) in [6.07, 6.45) is 4.14. The first-order valence-electron chi connectivity index (χ1n) is 8.09. The topological polar surface area (TPSA) is 108 Å². The van der Waals surface area contributed by atoms with E-state index in [1.165, 1.54) is 31.6 Å². The molecule has 3 aromatic rings. The van der Waals surface area contributed by atoms with Crippen molar-refractivity contribution in [2.45, 2.75) is 12.8 Å². The molecular weight excluding hydrogens is 372 g/mol. The highest BCUT2D eigenvalue weighted by atomic mass is 32.1. The van der Waals surface area contributed by atoms with Gasteiger partial charge in [-0.25, -0.2) is 4.98 Å². The average Bonchev–Trinajstić information content (AvgIpc) is 3.22. The van der Waals surface area contributed by atoms with E-state index in [2.05, 4.69) is 10.3 Å². The van der Waals surface area contributed by atoms with Crippen molar-refractivity contribution in [2.24, 2.45) is 0 Å². The van der Waals surface area contributed by atoms with Gasteiger partial charge in [-0.2, -0.15) is 0 Å². The number of hydrogen-bond acceptors (Lipinski definition) is 7. The van der Waals surface area contributed by atoms with Gasteiger partial charge in [0.2, 0.25) is 5.91 Å². The minimum Gasteiger partial charge on any atom is -0.493 e. The molecule has 0 unspecified atom stereocenters. The Morgan fingerprint density at radius 1 is 1.33 bits per heavy atom. The molecule has 2 heterocycles. The van der Waals surface area contributed by atoms with Gasteiger partial charge in [-0.15, -0.1) is 11.3 Å². The van der Waals surface area contributed by atoms with Crippen LogP contribution < -0.4 is 14.8 Å². The number of hydrogen-bond donors (Lipinski definition) is 1. The van der Waals surface area contributed by atoms with E-state index in [0.717, 1.165) is 4.96 Å². The van der Waals surface area contributed by atoms with Gasteiger partial charge in [0.05, 0.1) is 37.3 Å². The third-order valence-corrected chi connectivity index (χ3v) is 4.75. The Balaban J connectivity index is 1.62. The van der Waals surface area contributed by atoms with Crippen LogP contribution in [0.1, 0.15) is 11.3 Å². The van der Waals surface area contributed by atoms with Crippen LogP contribution in [0.3, 0.4) is 0 Å². The summed E-state index contributed by atoms with van der Waals surface area (Å²) in [6, 6.07) is 2.89. The number of benzene rings is 1. The van der Waals surface area contributed by atoms with E-state index in [1.54, 1.807) is 6.07 Å². The zero-order valence-corrected chi connectivity index (χ0v) is 15.6. The van der Waals surface area contributed by atoms with Crippen molar-refractivity contribution >= 4 is 27.9 Å². The smallest absolute Gasteiger partial charge is 0.276 e. The van der Waals surface area contributed by atoms with Gasteiger partial charge in [-0.1, -0.05) is 0 Å². The van der Waals surface area contributed by atoms with Crippen molar-refractivity contribution in [2.75, 3.05) is 20.8 Å². The fourth-order valence-electron chi connectivity index (χ4n) is 2.71. The SMILES string of the molecule is COc1cc(CCNC(=O)Cc2cn3ccsc3n2)c([N+](=O)[O-])cc1OC. The van der Waals surface area contributed by atoms with Crippen LogP contribution in [-0.2, 0) is 17.6 Å². The Hall–Kier alpha value is -3.14. The van der Waals surface area contributed by atoms with E-state index in [1.807, 2.05) is 22.2 Å². The third-order valence-electron chi connectivity index (χ3n) is 3.98. The quantitative estimate of drug-likeness (QED) is 0.467. The fraction of sp³-hybridized carbons (Fsp3) is 0.294. The number of rotatable bonds is 8. The van der Waals surface area contributed by atoms with E-state index in [4.69, 9.17) is 9.47 Å². The van der Waals surface area contributed by atoms with E-state index in [9.17, 15) is 14.9 Å². The van der Waals surface area contributed by atoms with Crippen molar-refractivity contribution < 1.29 is 19.2 Å². The van der Waals surface area contributed by atoms with E-state index < -0.39 is 4.92 Å². The Morgan fingerprint density at radius 3 is 2.74 bits per heavy atom. The molecular formula is C17H18N4O5S. The highest BCUT2D eigenvalue weighted by Crippen LogP contribution is 2.34. The van der Waals surface area contributed by atoms with E-state index in [-0.39, 0.29) is 30.3 Å². The second-order valence-corrected chi connectivity index (χ2v) is 6.57. The first-order valence-corrected chi connectivity index (χ1v) is 8.97. The lowest BCUT2D eigenvalue weighted by Crippen LogP contribution is -2.27. The van der Waals surface area contributed by atoms with Crippen LogP contribution in [0, 0.1) is 10.1 Å². The van der Waals surface area contributed by atoms with Crippen LogP contribution in [0.2, 0.25) is 0 Å². The number of nitrogens with zero attached hydrogens (tertiary/aromatic N) is 3. The molecule has 3 rings (SSSR count). The lowest BCUT2D eigenvalue weighted by Gasteiger charge is -2.11. The normalized spacial score (nSPS) is 10.7. The molecule has 2 aromatic heterocycles. The second-order valence-electron chi connectivity index (χ2n) is 5.69. The van der Waals surface area contributed by atoms with Gasteiger partial charge < -0.3 is 14.8 Å². The molecule has 1 N–H and O–H groups in total. The predicted octanol–water partition coefficient (Wildman–Crippen LogP) is 2.22. The van der Waals surface area contributed by atoms with E-state index >= 15 is 0 Å². The number of imidazole rings is 1. The van der Waals surface area contributed by atoms with Crippen molar-refractivity contribution in [1.29, 1.82) is 0 Å². The summed E-state index contributed by atoms with van der Waals surface area (Å²) in [5.74, 6) is 0.503. The van der Waals surface area contributed by atoms with Crippen LogP contribution in [0.4, 0.5) is 5.69 Å². The molecule has 0 bridgehead atoms. The first kappa shape index (κ1) is 18.6. The first-order chi connectivity index (χ1) is 13.0. The number of methoxy groups -OCH3 is 2. The fourth-order valence-corrected chi connectivity index (χ4v) is 3.42. The van der Waals surface area contributed by atoms with Crippen LogP contribution >= 0.6 is 11.3 Å². The number of amides is 1. The maximum atomic E-state index is 12.1. The predicted molar refractivity (Wildman–Crippen MR) is 99.7 cm³/mol. The minimum absolute atomic E-state index is 0.0729. The minimum atomic E-state index is -0.475. The zero-order valence-electron chi connectivity index (χ0n) is 14.8. The van der Waals surface area contributed by atoms with Gasteiger partial charge in [0.1, 0.15) is 0 Å². The number of carbonyl (C=O) groups excluding carboxylic acids is 1. The molecule has 0 atom stereocenters. The largest absolute Gasteiger partial charge is 0.493 e. The number of fused-ring (bicyclic) bond motifs is 1. The molecule has 0 aliphatic rings. The molecule has 10 heteroatoms. The summed E-state index contributed by atoms with van der Waals surface area (Å²) in [5.41, 5.74) is 1.06.